The Morgan fingerprint density at radius 3 is 2.90 bits per heavy atom. The number of aryl methyl sites for hydroxylation is 1. The molecule has 2 aromatic carbocycles. The molecule has 3 rings (SSSR count). The first-order valence-electron chi connectivity index (χ1n) is 6.66. The summed E-state index contributed by atoms with van der Waals surface area (Å²) in [6, 6.07) is 12.0. The highest BCUT2D eigenvalue weighted by molar-refractivity contribution is 5.99. The number of carbonyl (C=O) groups is 1. The number of ether oxygens (including phenoxy) is 1. The molecule has 0 amide bonds. The zero-order chi connectivity index (χ0) is 14.1. The molecule has 0 spiro atoms. The van der Waals surface area contributed by atoms with Crippen LogP contribution < -0.4 is 4.74 Å². The van der Waals surface area contributed by atoms with Crippen molar-refractivity contribution in [2.75, 3.05) is 6.61 Å². The minimum atomic E-state index is -0.379. The van der Waals surface area contributed by atoms with Crippen molar-refractivity contribution >= 4 is 5.78 Å². The zero-order valence-corrected chi connectivity index (χ0v) is 11.2. The fourth-order valence-electron chi connectivity index (χ4n) is 2.58. The van der Waals surface area contributed by atoms with E-state index < -0.39 is 0 Å². The van der Waals surface area contributed by atoms with Gasteiger partial charge in [-0.15, -0.1) is 0 Å². The molecule has 0 N–H and O–H groups in total. The van der Waals surface area contributed by atoms with Crippen molar-refractivity contribution in [2.24, 2.45) is 5.92 Å². The van der Waals surface area contributed by atoms with E-state index in [1.165, 1.54) is 12.1 Å². The van der Waals surface area contributed by atoms with Crippen molar-refractivity contribution in [3.63, 3.8) is 0 Å². The summed E-state index contributed by atoms with van der Waals surface area (Å²) in [6.07, 6.45) is 0.644. The Labute approximate surface area is 117 Å². The largest absolute Gasteiger partial charge is 0.493 e. The minimum absolute atomic E-state index is 0.0449. The molecule has 1 aliphatic rings. The van der Waals surface area contributed by atoms with E-state index in [4.69, 9.17) is 4.74 Å². The quantitative estimate of drug-likeness (QED) is 0.780. The highest BCUT2D eigenvalue weighted by Gasteiger charge is 2.27. The second-order valence-corrected chi connectivity index (χ2v) is 5.14. The second-order valence-electron chi connectivity index (χ2n) is 5.14. The summed E-state index contributed by atoms with van der Waals surface area (Å²) in [5.41, 5.74) is 2.29. The van der Waals surface area contributed by atoms with E-state index in [-0.39, 0.29) is 17.5 Å². The van der Waals surface area contributed by atoms with Crippen LogP contribution >= 0.6 is 0 Å². The Bertz CT molecular complexity index is 664. The number of ketones is 1. The van der Waals surface area contributed by atoms with Crippen LogP contribution in [0.2, 0.25) is 0 Å². The van der Waals surface area contributed by atoms with E-state index in [1.807, 2.05) is 31.2 Å². The number of para-hydroxylation sites is 1. The van der Waals surface area contributed by atoms with Gasteiger partial charge in [-0.1, -0.05) is 24.3 Å². The highest BCUT2D eigenvalue weighted by atomic mass is 19.1. The summed E-state index contributed by atoms with van der Waals surface area (Å²) in [4.78, 5) is 12.5. The molecule has 1 unspecified atom stereocenters. The first-order chi connectivity index (χ1) is 9.65. The Kier molecular flexibility index (Phi) is 3.26. The molecule has 1 aliphatic heterocycles. The van der Waals surface area contributed by atoms with Gasteiger partial charge in [0.05, 0.1) is 12.5 Å². The van der Waals surface area contributed by atoms with Gasteiger partial charge in [-0.3, -0.25) is 4.79 Å². The maximum atomic E-state index is 13.3. The summed E-state index contributed by atoms with van der Waals surface area (Å²) in [7, 11) is 0. The van der Waals surface area contributed by atoms with Gasteiger partial charge in [0.1, 0.15) is 11.6 Å². The van der Waals surface area contributed by atoms with Crippen LogP contribution in [0.5, 0.6) is 5.75 Å². The maximum absolute atomic E-state index is 13.3. The predicted molar refractivity (Wildman–Crippen MR) is 74.6 cm³/mol. The Morgan fingerprint density at radius 1 is 1.25 bits per heavy atom. The maximum Gasteiger partial charge on any atom is 0.170 e. The summed E-state index contributed by atoms with van der Waals surface area (Å²) in [6.45, 7) is 2.18. The molecule has 0 aromatic heterocycles. The average molecular weight is 270 g/mol. The number of halogens is 1. The molecule has 0 radical (unpaired) electrons. The van der Waals surface area contributed by atoms with Crippen LogP contribution in [0, 0.1) is 18.7 Å². The van der Waals surface area contributed by atoms with Crippen LogP contribution in [-0.2, 0) is 6.42 Å². The van der Waals surface area contributed by atoms with Gasteiger partial charge in [-0.05, 0) is 42.7 Å². The molecule has 102 valence electrons. The number of hydrogen-bond acceptors (Lipinski definition) is 2. The molecule has 1 heterocycles. The first-order valence-corrected chi connectivity index (χ1v) is 6.66. The van der Waals surface area contributed by atoms with Gasteiger partial charge in [-0.25, -0.2) is 4.39 Å². The predicted octanol–water partition coefficient (Wildman–Crippen LogP) is 3.57. The molecule has 3 heteroatoms. The molecule has 2 aromatic rings. The van der Waals surface area contributed by atoms with E-state index in [9.17, 15) is 9.18 Å². The lowest BCUT2D eigenvalue weighted by Gasteiger charge is -2.24. The summed E-state index contributed by atoms with van der Waals surface area (Å²) < 4.78 is 19.0. The molecule has 0 fully saturated rings. The molecule has 0 aliphatic carbocycles. The zero-order valence-electron chi connectivity index (χ0n) is 11.2. The van der Waals surface area contributed by atoms with Crippen LogP contribution in [0.25, 0.3) is 0 Å². The molecule has 1 atom stereocenters. The first kappa shape index (κ1) is 12.9. The molecule has 0 saturated heterocycles. The third kappa shape index (κ3) is 2.31. The van der Waals surface area contributed by atoms with E-state index in [0.29, 0.717) is 18.6 Å². The highest BCUT2D eigenvalue weighted by Crippen LogP contribution is 2.29. The lowest BCUT2D eigenvalue weighted by Crippen LogP contribution is -2.28. The van der Waals surface area contributed by atoms with Crippen molar-refractivity contribution in [3.8, 4) is 5.75 Å². The van der Waals surface area contributed by atoms with E-state index in [0.717, 1.165) is 16.9 Å². The number of rotatable bonds is 2. The number of hydrogen-bond donors (Lipinski definition) is 0. The smallest absolute Gasteiger partial charge is 0.170 e. The summed E-state index contributed by atoms with van der Waals surface area (Å²) >= 11 is 0. The van der Waals surface area contributed by atoms with E-state index in [1.54, 1.807) is 6.07 Å². The molecule has 2 nitrogen and oxygen atoms in total. The fraction of sp³-hybridized carbons (Fsp3) is 0.235. The Morgan fingerprint density at radius 2 is 2.05 bits per heavy atom. The van der Waals surface area contributed by atoms with Gasteiger partial charge in [0, 0.05) is 5.56 Å². The topological polar surface area (TPSA) is 26.3 Å². The third-order valence-corrected chi connectivity index (χ3v) is 3.71. The number of carbonyl (C=O) groups excluding carboxylic acids is 1. The average Bonchev–Trinajstić information content (AvgIpc) is 2.48. The van der Waals surface area contributed by atoms with Crippen LogP contribution in [0.1, 0.15) is 21.5 Å². The van der Waals surface area contributed by atoms with Gasteiger partial charge >= 0.3 is 0 Å². The standard InChI is InChI=1S/C17H15FO2/c1-11-6-7-14(18)9-15(11)17(19)13-8-12-4-2-3-5-16(12)20-10-13/h2-7,9,13H,8,10H2,1H3. The molecule has 0 bridgehead atoms. The van der Waals surface area contributed by atoms with Crippen LogP contribution in [0.3, 0.4) is 0 Å². The van der Waals surface area contributed by atoms with Gasteiger partial charge in [0.25, 0.3) is 0 Å². The van der Waals surface area contributed by atoms with Crippen molar-refractivity contribution in [3.05, 3.63) is 65.0 Å². The van der Waals surface area contributed by atoms with Crippen molar-refractivity contribution in [2.45, 2.75) is 13.3 Å². The Balaban J connectivity index is 1.88. The van der Waals surface area contributed by atoms with Crippen molar-refractivity contribution in [1.29, 1.82) is 0 Å². The van der Waals surface area contributed by atoms with Gasteiger partial charge in [0.15, 0.2) is 5.78 Å². The molecular weight excluding hydrogens is 255 g/mol. The summed E-state index contributed by atoms with van der Waals surface area (Å²) in [5.74, 6) is 0.172. The molecule has 20 heavy (non-hydrogen) atoms. The minimum Gasteiger partial charge on any atom is -0.493 e. The summed E-state index contributed by atoms with van der Waals surface area (Å²) in [5, 5.41) is 0. The SMILES string of the molecule is Cc1ccc(F)cc1C(=O)C1COc2ccccc2C1. The van der Waals surface area contributed by atoms with Gasteiger partial charge in [-0.2, -0.15) is 0 Å². The lowest BCUT2D eigenvalue weighted by atomic mass is 9.88. The normalized spacial score (nSPS) is 17.2. The lowest BCUT2D eigenvalue weighted by molar-refractivity contribution is 0.0854. The molecular formula is C17H15FO2. The Hall–Kier alpha value is -2.16. The van der Waals surface area contributed by atoms with Crippen LogP contribution in [-0.4, -0.2) is 12.4 Å². The number of benzene rings is 2. The van der Waals surface area contributed by atoms with Crippen molar-refractivity contribution in [1.82, 2.24) is 0 Å². The van der Waals surface area contributed by atoms with Crippen LogP contribution in [0.4, 0.5) is 4.39 Å². The molecule has 0 saturated carbocycles. The van der Waals surface area contributed by atoms with E-state index in [2.05, 4.69) is 0 Å². The van der Waals surface area contributed by atoms with Gasteiger partial charge in [0.2, 0.25) is 0 Å². The van der Waals surface area contributed by atoms with Gasteiger partial charge < -0.3 is 4.74 Å². The fourth-order valence-corrected chi connectivity index (χ4v) is 2.58. The van der Waals surface area contributed by atoms with Crippen LogP contribution in [0.15, 0.2) is 42.5 Å². The number of fused-ring (bicyclic) bond motifs is 1. The van der Waals surface area contributed by atoms with Crippen molar-refractivity contribution < 1.29 is 13.9 Å². The second kappa shape index (κ2) is 5.08. The number of Topliss-reactive ketones (excluding diaryl/α,β-unsaturated/α-hetero) is 1. The van der Waals surface area contributed by atoms with E-state index >= 15 is 0 Å². The monoisotopic (exact) mass is 270 g/mol. The third-order valence-electron chi connectivity index (χ3n) is 3.71.